The van der Waals surface area contributed by atoms with E-state index in [1.807, 2.05) is 13.8 Å². The molecule has 108 valence electrons. The predicted octanol–water partition coefficient (Wildman–Crippen LogP) is 1.34. The number of carbonyl (C=O) groups is 2. The van der Waals surface area contributed by atoms with E-state index in [1.54, 1.807) is 11.8 Å². The van der Waals surface area contributed by atoms with Gasteiger partial charge in [0.15, 0.2) is 0 Å². The lowest BCUT2D eigenvalue weighted by atomic mass is 10.1. The molecular formula is C14H18N2O4. The lowest BCUT2D eigenvalue weighted by Gasteiger charge is -2.35. The zero-order chi connectivity index (χ0) is 14.9. The monoisotopic (exact) mass is 278 g/mol. The third kappa shape index (κ3) is 2.96. The number of carboxylic acid groups (broad SMARTS) is 1. The largest absolute Gasteiger partial charge is 0.478 e. The van der Waals surface area contributed by atoms with Gasteiger partial charge in [0, 0.05) is 13.1 Å². The molecule has 1 saturated heterocycles. The van der Waals surface area contributed by atoms with E-state index in [9.17, 15) is 9.59 Å². The first-order valence-corrected chi connectivity index (χ1v) is 6.54. The Balaban J connectivity index is 2.21. The van der Waals surface area contributed by atoms with Crippen LogP contribution in [0.5, 0.6) is 0 Å². The highest BCUT2D eigenvalue weighted by atomic mass is 16.5. The minimum absolute atomic E-state index is 0.0120. The molecule has 1 aromatic rings. The van der Waals surface area contributed by atoms with Crippen LogP contribution >= 0.6 is 0 Å². The van der Waals surface area contributed by atoms with Gasteiger partial charge in [-0.2, -0.15) is 0 Å². The minimum atomic E-state index is -1.04. The molecule has 0 aliphatic carbocycles. The van der Waals surface area contributed by atoms with Gasteiger partial charge < -0.3 is 14.7 Å². The summed E-state index contributed by atoms with van der Waals surface area (Å²) in [7, 11) is 0. The number of morpholine rings is 1. The molecule has 0 spiro atoms. The van der Waals surface area contributed by atoms with Crippen LogP contribution in [-0.2, 0) is 4.74 Å². The number of rotatable bonds is 2. The Hall–Kier alpha value is -1.95. The Morgan fingerprint density at radius 3 is 2.40 bits per heavy atom. The summed E-state index contributed by atoms with van der Waals surface area (Å²) >= 11 is 0. The van der Waals surface area contributed by atoms with E-state index in [0.717, 1.165) is 0 Å². The van der Waals surface area contributed by atoms with Gasteiger partial charge in [-0.05, 0) is 32.9 Å². The summed E-state index contributed by atoms with van der Waals surface area (Å²) in [6.07, 6.45) is -0.0239. The molecule has 2 unspecified atom stereocenters. The number of nitrogens with zero attached hydrogens (tertiary/aromatic N) is 2. The lowest BCUT2D eigenvalue weighted by molar-refractivity contribution is -0.0587. The van der Waals surface area contributed by atoms with E-state index < -0.39 is 5.97 Å². The van der Waals surface area contributed by atoms with Crippen molar-refractivity contribution in [3.05, 3.63) is 29.1 Å². The molecule has 2 heterocycles. The van der Waals surface area contributed by atoms with Crippen LogP contribution in [0.2, 0.25) is 0 Å². The van der Waals surface area contributed by atoms with Gasteiger partial charge in [0.2, 0.25) is 0 Å². The van der Waals surface area contributed by atoms with Crippen LogP contribution in [0, 0.1) is 6.92 Å². The molecule has 1 N–H and O–H groups in total. The fourth-order valence-corrected chi connectivity index (χ4v) is 2.41. The topological polar surface area (TPSA) is 79.7 Å². The summed E-state index contributed by atoms with van der Waals surface area (Å²) in [6.45, 7) is 6.46. The van der Waals surface area contributed by atoms with Crippen molar-refractivity contribution in [1.29, 1.82) is 0 Å². The van der Waals surface area contributed by atoms with Gasteiger partial charge >= 0.3 is 5.97 Å². The number of amides is 1. The number of hydrogen-bond donors (Lipinski definition) is 1. The highest BCUT2D eigenvalue weighted by molar-refractivity contribution is 5.94. The van der Waals surface area contributed by atoms with Crippen molar-refractivity contribution < 1.29 is 19.4 Å². The van der Waals surface area contributed by atoms with Gasteiger partial charge in [-0.15, -0.1) is 0 Å². The first-order valence-electron chi connectivity index (χ1n) is 6.54. The first kappa shape index (κ1) is 14.5. The number of aryl methyl sites for hydroxylation is 1. The van der Waals surface area contributed by atoms with E-state index in [2.05, 4.69) is 4.98 Å². The van der Waals surface area contributed by atoms with Crippen LogP contribution in [0.15, 0.2) is 12.1 Å². The third-order valence-electron chi connectivity index (χ3n) is 3.24. The highest BCUT2D eigenvalue weighted by Crippen LogP contribution is 2.15. The molecule has 1 aromatic heterocycles. The molecule has 2 atom stereocenters. The number of carboxylic acids is 1. The fourth-order valence-electron chi connectivity index (χ4n) is 2.41. The van der Waals surface area contributed by atoms with E-state index in [-0.39, 0.29) is 29.4 Å². The van der Waals surface area contributed by atoms with Gasteiger partial charge in [0.05, 0.1) is 23.5 Å². The van der Waals surface area contributed by atoms with E-state index in [0.29, 0.717) is 18.8 Å². The van der Waals surface area contributed by atoms with Crippen molar-refractivity contribution in [2.75, 3.05) is 13.1 Å². The van der Waals surface area contributed by atoms with Gasteiger partial charge in [-0.25, -0.2) is 9.78 Å². The van der Waals surface area contributed by atoms with Gasteiger partial charge in [0.25, 0.3) is 5.91 Å². The quantitative estimate of drug-likeness (QED) is 0.883. The van der Waals surface area contributed by atoms with Crippen molar-refractivity contribution in [2.24, 2.45) is 0 Å². The van der Waals surface area contributed by atoms with Crippen molar-refractivity contribution in [3.63, 3.8) is 0 Å². The second kappa shape index (κ2) is 5.58. The van der Waals surface area contributed by atoms with Gasteiger partial charge in [0.1, 0.15) is 5.69 Å². The molecule has 0 saturated carbocycles. The zero-order valence-electron chi connectivity index (χ0n) is 11.8. The summed E-state index contributed by atoms with van der Waals surface area (Å²) in [5, 5.41) is 8.96. The van der Waals surface area contributed by atoms with Gasteiger partial charge in [-0.1, -0.05) is 0 Å². The Morgan fingerprint density at radius 1 is 1.30 bits per heavy atom. The molecule has 1 fully saturated rings. The molecule has 0 aromatic carbocycles. The van der Waals surface area contributed by atoms with Crippen molar-refractivity contribution >= 4 is 11.9 Å². The Labute approximate surface area is 117 Å². The molecule has 0 radical (unpaired) electrons. The van der Waals surface area contributed by atoms with Crippen molar-refractivity contribution in [2.45, 2.75) is 33.0 Å². The fraction of sp³-hybridized carbons (Fsp3) is 0.500. The maximum atomic E-state index is 12.4. The summed E-state index contributed by atoms with van der Waals surface area (Å²) in [5.41, 5.74) is 0.733. The smallest absolute Gasteiger partial charge is 0.337 e. The molecule has 0 bridgehead atoms. The highest BCUT2D eigenvalue weighted by Gasteiger charge is 2.27. The lowest BCUT2D eigenvalue weighted by Crippen LogP contribution is -2.48. The molecule has 2 rings (SSSR count). The maximum absolute atomic E-state index is 12.4. The van der Waals surface area contributed by atoms with Crippen LogP contribution in [0.3, 0.4) is 0 Å². The third-order valence-corrected chi connectivity index (χ3v) is 3.24. The van der Waals surface area contributed by atoms with Gasteiger partial charge in [-0.3, -0.25) is 4.79 Å². The molecule has 1 amide bonds. The number of ether oxygens (including phenoxy) is 1. The maximum Gasteiger partial charge on any atom is 0.337 e. The Kier molecular flexibility index (Phi) is 4.04. The van der Waals surface area contributed by atoms with E-state index in [1.165, 1.54) is 12.1 Å². The standard InChI is InChI=1S/C14H18N2O4/c1-8-6-16(7-9(2)20-8)13(17)12-5-4-11(14(18)19)10(3)15-12/h4-5,8-9H,6-7H2,1-3H3,(H,18,19). The second-order valence-electron chi connectivity index (χ2n) is 5.10. The van der Waals surface area contributed by atoms with Crippen LogP contribution < -0.4 is 0 Å². The summed E-state index contributed by atoms with van der Waals surface area (Å²) in [4.78, 5) is 29.1. The molecule has 1 aliphatic rings. The predicted molar refractivity (Wildman–Crippen MR) is 71.8 cm³/mol. The first-order chi connectivity index (χ1) is 9.38. The Morgan fingerprint density at radius 2 is 1.90 bits per heavy atom. The van der Waals surface area contributed by atoms with Crippen molar-refractivity contribution in [1.82, 2.24) is 9.88 Å². The zero-order valence-corrected chi connectivity index (χ0v) is 11.8. The summed E-state index contributed by atoms with van der Waals surface area (Å²) < 4.78 is 5.58. The minimum Gasteiger partial charge on any atom is -0.478 e. The summed E-state index contributed by atoms with van der Waals surface area (Å²) in [5.74, 6) is -1.23. The number of aromatic nitrogens is 1. The number of hydrogen-bond acceptors (Lipinski definition) is 4. The second-order valence-corrected chi connectivity index (χ2v) is 5.10. The molecule has 6 nitrogen and oxygen atoms in total. The van der Waals surface area contributed by atoms with Crippen LogP contribution in [0.4, 0.5) is 0 Å². The SMILES string of the molecule is Cc1nc(C(=O)N2CC(C)OC(C)C2)ccc1C(=O)O. The number of carbonyl (C=O) groups excluding carboxylic acids is 1. The molecule has 1 aliphatic heterocycles. The average Bonchev–Trinajstić information content (AvgIpc) is 2.36. The van der Waals surface area contributed by atoms with Crippen LogP contribution in [0.1, 0.15) is 40.4 Å². The number of aromatic carboxylic acids is 1. The molecule has 20 heavy (non-hydrogen) atoms. The van der Waals surface area contributed by atoms with Crippen LogP contribution in [-0.4, -0.2) is 52.2 Å². The normalized spacial score (nSPS) is 22.6. The van der Waals surface area contributed by atoms with E-state index in [4.69, 9.17) is 9.84 Å². The molecule has 6 heteroatoms. The van der Waals surface area contributed by atoms with Crippen molar-refractivity contribution in [3.8, 4) is 0 Å². The molecular weight excluding hydrogens is 260 g/mol. The van der Waals surface area contributed by atoms with Crippen LogP contribution in [0.25, 0.3) is 0 Å². The number of pyridine rings is 1. The Bertz CT molecular complexity index is 534. The average molecular weight is 278 g/mol. The summed E-state index contributed by atoms with van der Waals surface area (Å²) in [6, 6.07) is 2.88. The van der Waals surface area contributed by atoms with E-state index >= 15 is 0 Å².